The van der Waals surface area contributed by atoms with Gasteiger partial charge in [-0.1, -0.05) is 20.8 Å². The van der Waals surface area contributed by atoms with Crippen LogP contribution in [-0.4, -0.2) is 86.9 Å². The summed E-state index contributed by atoms with van der Waals surface area (Å²) in [7, 11) is 0. The lowest BCUT2D eigenvalue weighted by Crippen LogP contribution is -2.60. The number of carbonyl (C=O) groups excluding carboxylic acids is 3. The van der Waals surface area contributed by atoms with Crippen LogP contribution in [0.15, 0.2) is 0 Å². The molecule has 25 heavy (non-hydrogen) atoms. The third-order valence-electron chi connectivity index (χ3n) is 3.52. The van der Waals surface area contributed by atoms with Crippen molar-refractivity contribution in [2.75, 3.05) is 54.5 Å². The van der Waals surface area contributed by atoms with E-state index < -0.39 is 0 Å². The number of nitrogens with zero attached hydrogens (tertiary/aromatic N) is 3. The van der Waals surface area contributed by atoms with Crippen LogP contribution in [0.1, 0.15) is 27.2 Å². The van der Waals surface area contributed by atoms with Crippen molar-refractivity contribution in [2.45, 2.75) is 27.2 Å². The highest BCUT2D eigenvalue weighted by molar-refractivity contribution is 8.00. The number of thioether (sulfide) groups is 3. The van der Waals surface area contributed by atoms with Crippen molar-refractivity contribution in [1.29, 1.82) is 0 Å². The minimum Gasteiger partial charge on any atom is -0.306 e. The molecule has 6 nitrogen and oxygen atoms in total. The van der Waals surface area contributed by atoms with Gasteiger partial charge in [0, 0.05) is 0 Å². The molecule has 0 aliphatic carbocycles. The second-order valence-electron chi connectivity index (χ2n) is 5.55. The van der Waals surface area contributed by atoms with Crippen LogP contribution < -0.4 is 0 Å². The second kappa shape index (κ2) is 12.8. The van der Waals surface area contributed by atoms with Crippen LogP contribution in [0.5, 0.6) is 0 Å². The zero-order valence-electron chi connectivity index (χ0n) is 15.4. The summed E-state index contributed by atoms with van der Waals surface area (Å²) in [6.45, 7) is 6.92. The summed E-state index contributed by atoms with van der Waals surface area (Å²) >= 11 is 4.70. The lowest BCUT2D eigenvalue weighted by Gasteiger charge is -2.42. The van der Waals surface area contributed by atoms with Crippen molar-refractivity contribution >= 4 is 53.0 Å². The average molecular weight is 408 g/mol. The molecule has 0 N–H and O–H groups in total. The number of carbonyl (C=O) groups is 3. The topological polar surface area (TPSA) is 60.9 Å². The maximum Gasteiger partial charge on any atom is 0.235 e. The molecule has 0 spiro atoms. The van der Waals surface area contributed by atoms with Crippen LogP contribution in [0.3, 0.4) is 0 Å². The zero-order valence-corrected chi connectivity index (χ0v) is 17.8. The number of hydrogen-bond donors (Lipinski definition) is 0. The van der Waals surface area contributed by atoms with Crippen molar-refractivity contribution in [1.82, 2.24) is 14.7 Å². The Balaban J connectivity index is 2.73. The first-order chi connectivity index (χ1) is 12.0. The molecule has 1 fully saturated rings. The Morgan fingerprint density at radius 3 is 1.36 bits per heavy atom. The van der Waals surface area contributed by atoms with Gasteiger partial charge in [0.05, 0.1) is 37.3 Å². The summed E-state index contributed by atoms with van der Waals surface area (Å²) in [5, 5.41) is 0. The van der Waals surface area contributed by atoms with Crippen LogP contribution in [0, 0.1) is 0 Å². The minimum atomic E-state index is -0.0218. The van der Waals surface area contributed by atoms with E-state index in [9.17, 15) is 14.4 Å². The Hall–Kier alpha value is -0.540. The Kier molecular flexibility index (Phi) is 11.5. The number of rotatable bonds is 10. The largest absolute Gasteiger partial charge is 0.306 e. The molecule has 0 bridgehead atoms. The maximum absolute atomic E-state index is 12.5. The van der Waals surface area contributed by atoms with E-state index in [1.807, 2.05) is 13.8 Å². The molecule has 0 unspecified atom stereocenters. The molecule has 1 saturated heterocycles. The van der Waals surface area contributed by atoms with Crippen molar-refractivity contribution < 1.29 is 14.4 Å². The normalized spacial score (nSPS) is 14.8. The van der Waals surface area contributed by atoms with E-state index in [0.717, 1.165) is 23.7 Å². The maximum atomic E-state index is 12.5. The molecule has 0 radical (unpaired) electrons. The van der Waals surface area contributed by atoms with E-state index in [1.54, 1.807) is 50.0 Å². The van der Waals surface area contributed by atoms with Crippen molar-refractivity contribution in [2.24, 2.45) is 0 Å². The lowest BCUT2D eigenvalue weighted by atomic mass is 10.4. The molecule has 3 amide bonds. The Morgan fingerprint density at radius 1 is 0.680 bits per heavy atom. The molecule has 1 aliphatic heterocycles. The van der Waals surface area contributed by atoms with Gasteiger partial charge in [0.1, 0.15) is 0 Å². The average Bonchev–Trinajstić information content (AvgIpc) is 2.63. The van der Waals surface area contributed by atoms with Crippen molar-refractivity contribution in [3.8, 4) is 0 Å². The molecule has 0 aromatic carbocycles. The van der Waals surface area contributed by atoms with Crippen LogP contribution in [0.25, 0.3) is 0 Å². The van der Waals surface area contributed by atoms with E-state index in [-0.39, 0.29) is 37.7 Å². The van der Waals surface area contributed by atoms with Crippen LogP contribution >= 0.6 is 35.3 Å². The molecule has 9 heteroatoms. The Labute approximate surface area is 163 Å². The van der Waals surface area contributed by atoms with Gasteiger partial charge in [-0.05, 0) is 23.7 Å². The lowest BCUT2D eigenvalue weighted by molar-refractivity contribution is -0.155. The van der Waals surface area contributed by atoms with Gasteiger partial charge >= 0.3 is 0 Å². The fraction of sp³-hybridized carbons (Fsp3) is 0.812. The molecule has 1 rings (SSSR count). The van der Waals surface area contributed by atoms with Gasteiger partial charge in [0.25, 0.3) is 0 Å². The summed E-state index contributed by atoms with van der Waals surface area (Å²) in [5.74, 6) is 3.77. The summed E-state index contributed by atoms with van der Waals surface area (Å²) in [6, 6.07) is 0. The second-order valence-corrected chi connectivity index (χ2v) is 9.21. The zero-order chi connectivity index (χ0) is 18.7. The van der Waals surface area contributed by atoms with Gasteiger partial charge in [-0.15, -0.1) is 0 Å². The number of hydrogen-bond acceptors (Lipinski definition) is 6. The molecule has 0 saturated carbocycles. The van der Waals surface area contributed by atoms with E-state index in [4.69, 9.17) is 0 Å². The quantitative estimate of drug-likeness (QED) is 0.516. The summed E-state index contributed by atoms with van der Waals surface area (Å²) < 4.78 is 0. The number of amides is 3. The fourth-order valence-corrected chi connectivity index (χ4v) is 4.09. The third kappa shape index (κ3) is 8.13. The minimum absolute atomic E-state index is 0.0139. The van der Waals surface area contributed by atoms with E-state index in [0.29, 0.717) is 17.3 Å². The van der Waals surface area contributed by atoms with Gasteiger partial charge in [0.15, 0.2) is 0 Å². The summed E-state index contributed by atoms with van der Waals surface area (Å²) in [5.41, 5.74) is 0. The Morgan fingerprint density at radius 2 is 1.04 bits per heavy atom. The molecule has 144 valence electrons. The predicted molar refractivity (Wildman–Crippen MR) is 109 cm³/mol. The first-order valence-electron chi connectivity index (χ1n) is 8.59. The third-order valence-corrected chi connectivity index (χ3v) is 6.38. The standard InChI is InChI=1S/C16H29N3O3S3/c1-4-7-25-10-16(22)19-12-17(14(20)8-23-5-2)11-18(13-19)15(21)9-24-6-3/h4-13H2,1-3H3. The van der Waals surface area contributed by atoms with Crippen molar-refractivity contribution in [3.05, 3.63) is 0 Å². The summed E-state index contributed by atoms with van der Waals surface area (Å²) in [4.78, 5) is 42.1. The fourth-order valence-electron chi connectivity index (χ4n) is 2.18. The van der Waals surface area contributed by atoms with E-state index in [1.165, 1.54) is 0 Å². The first kappa shape index (κ1) is 22.5. The van der Waals surface area contributed by atoms with Crippen LogP contribution in [0.2, 0.25) is 0 Å². The van der Waals surface area contributed by atoms with E-state index >= 15 is 0 Å². The molecular weight excluding hydrogens is 378 g/mol. The molecule has 1 aliphatic rings. The smallest absolute Gasteiger partial charge is 0.235 e. The van der Waals surface area contributed by atoms with Gasteiger partial charge in [0.2, 0.25) is 17.7 Å². The van der Waals surface area contributed by atoms with Crippen LogP contribution in [-0.2, 0) is 14.4 Å². The molecule has 0 aromatic rings. The highest BCUT2D eigenvalue weighted by atomic mass is 32.2. The molecule has 1 heterocycles. The highest BCUT2D eigenvalue weighted by Gasteiger charge is 2.31. The molecular formula is C16H29N3O3S3. The van der Waals surface area contributed by atoms with E-state index in [2.05, 4.69) is 6.92 Å². The van der Waals surface area contributed by atoms with Gasteiger partial charge in [-0.2, -0.15) is 35.3 Å². The predicted octanol–water partition coefficient (Wildman–Crippen LogP) is 2.01. The first-order valence-corrected chi connectivity index (χ1v) is 12.1. The van der Waals surface area contributed by atoms with Gasteiger partial charge < -0.3 is 14.7 Å². The molecule has 0 aromatic heterocycles. The van der Waals surface area contributed by atoms with Crippen LogP contribution in [0.4, 0.5) is 0 Å². The summed E-state index contributed by atoms with van der Waals surface area (Å²) in [6.07, 6.45) is 1.02. The Bertz CT molecular complexity index is 424. The monoisotopic (exact) mass is 407 g/mol. The highest BCUT2D eigenvalue weighted by Crippen LogP contribution is 2.14. The van der Waals surface area contributed by atoms with Gasteiger partial charge in [-0.3, -0.25) is 14.4 Å². The SMILES string of the molecule is CCCSCC(=O)N1CN(C(=O)CSCC)CN(C(=O)CSCC)C1. The van der Waals surface area contributed by atoms with Crippen molar-refractivity contribution in [3.63, 3.8) is 0 Å². The van der Waals surface area contributed by atoms with Gasteiger partial charge in [-0.25, -0.2) is 0 Å². The molecule has 0 atom stereocenters.